The standard InChI is InChI=1S/C12H18N4O3/c1-9-5-4-6-10(16(18)19)11(9)13-7-8-14-12(17)15(2)3/h4-6,13H,7-8H2,1-3H3,(H,14,17). The van der Waals surface area contributed by atoms with Crippen LogP contribution in [0, 0.1) is 17.0 Å². The van der Waals surface area contributed by atoms with Crippen LogP contribution in [0.3, 0.4) is 0 Å². The molecule has 1 aromatic rings. The summed E-state index contributed by atoms with van der Waals surface area (Å²) in [5.41, 5.74) is 1.33. The Kier molecular flexibility index (Phi) is 5.11. The lowest BCUT2D eigenvalue weighted by Gasteiger charge is -2.13. The zero-order valence-electron chi connectivity index (χ0n) is 11.3. The van der Waals surface area contributed by atoms with Crippen LogP contribution in [0.15, 0.2) is 18.2 Å². The highest BCUT2D eigenvalue weighted by atomic mass is 16.6. The summed E-state index contributed by atoms with van der Waals surface area (Å²) < 4.78 is 0. The first-order valence-electron chi connectivity index (χ1n) is 5.86. The van der Waals surface area contributed by atoms with Crippen LogP contribution < -0.4 is 10.6 Å². The molecule has 7 heteroatoms. The number of rotatable bonds is 5. The maximum atomic E-state index is 11.3. The number of nitro groups is 1. The Morgan fingerprint density at radius 2 is 2.05 bits per heavy atom. The van der Waals surface area contributed by atoms with Crippen LogP contribution >= 0.6 is 0 Å². The molecule has 0 spiro atoms. The van der Waals surface area contributed by atoms with Gasteiger partial charge >= 0.3 is 6.03 Å². The molecule has 0 heterocycles. The van der Waals surface area contributed by atoms with Gasteiger partial charge in [0.25, 0.3) is 5.69 Å². The molecule has 0 aliphatic carbocycles. The van der Waals surface area contributed by atoms with Gasteiger partial charge in [-0.15, -0.1) is 0 Å². The van der Waals surface area contributed by atoms with Gasteiger partial charge < -0.3 is 15.5 Å². The van der Waals surface area contributed by atoms with E-state index < -0.39 is 4.92 Å². The smallest absolute Gasteiger partial charge is 0.316 e. The van der Waals surface area contributed by atoms with Crippen LogP contribution in [0.1, 0.15) is 5.56 Å². The van der Waals surface area contributed by atoms with E-state index in [4.69, 9.17) is 0 Å². The van der Waals surface area contributed by atoms with Crippen LogP contribution in [0.2, 0.25) is 0 Å². The average molecular weight is 266 g/mol. The molecule has 19 heavy (non-hydrogen) atoms. The summed E-state index contributed by atoms with van der Waals surface area (Å²) in [5, 5.41) is 16.6. The number of carbonyl (C=O) groups excluding carboxylic acids is 1. The summed E-state index contributed by atoms with van der Waals surface area (Å²) in [4.78, 5) is 23.2. The molecule has 0 bridgehead atoms. The van der Waals surface area contributed by atoms with Gasteiger partial charge in [0, 0.05) is 33.3 Å². The second kappa shape index (κ2) is 6.58. The summed E-state index contributed by atoms with van der Waals surface area (Å²) in [5.74, 6) is 0. The lowest BCUT2D eigenvalue weighted by Crippen LogP contribution is -2.37. The highest BCUT2D eigenvalue weighted by Crippen LogP contribution is 2.27. The van der Waals surface area contributed by atoms with E-state index in [0.717, 1.165) is 5.56 Å². The normalized spacial score (nSPS) is 9.84. The molecule has 0 fully saturated rings. The SMILES string of the molecule is Cc1cccc([N+](=O)[O-])c1NCCNC(=O)N(C)C. The number of para-hydroxylation sites is 1. The molecule has 2 amide bonds. The number of nitrogens with zero attached hydrogens (tertiary/aromatic N) is 2. The molecule has 0 aliphatic rings. The maximum absolute atomic E-state index is 11.3. The van der Waals surface area contributed by atoms with E-state index >= 15 is 0 Å². The third-order valence-corrected chi connectivity index (χ3v) is 2.56. The average Bonchev–Trinajstić information content (AvgIpc) is 2.35. The molecule has 0 radical (unpaired) electrons. The van der Waals surface area contributed by atoms with Crippen molar-refractivity contribution in [3.05, 3.63) is 33.9 Å². The van der Waals surface area contributed by atoms with Crippen LogP contribution in [-0.2, 0) is 0 Å². The van der Waals surface area contributed by atoms with Gasteiger partial charge in [-0.3, -0.25) is 10.1 Å². The van der Waals surface area contributed by atoms with Gasteiger partial charge in [0.15, 0.2) is 0 Å². The van der Waals surface area contributed by atoms with E-state index in [1.807, 2.05) is 0 Å². The number of hydrogen-bond acceptors (Lipinski definition) is 4. The Balaban J connectivity index is 2.58. The van der Waals surface area contributed by atoms with Gasteiger partial charge in [0.1, 0.15) is 5.69 Å². The first kappa shape index (κ1) is 14.7. The molecule has 1 aromatic carbocycles. The number of aryl methyl sites for hydroxylation is 1. The predicted octanol–water partition coefficient (Wildman–Crippen LogP) is 1.59. The van der Waals surface area contributed by atoms with Gasteiger partial charge in [0.2, 0.25) is 0 Å². The van der Waals surface area contributed by atoms with Crippen molar-refractivity contribution in [3.8, 4) is 0 Å². The Morgan fingerprint density at radius 3 is 2.63 bits per heavy atom. The topological polar surface area (TPSA) is 87.5 Å². The van der Waals surface area contributed by atoms with Crippen molar-refractivity contribution in [2.45, 2.75) is 6.92 Å². The fourth-order valence-electron chi connectivity index (χ4n) is 1.55. The van der Waals surface area contributed by atoms with Crippen LogP contribution in [0.5, 0.6) is 0 Å². The van der Waals surface area contributed by atoms with E-state index in [1.54, 1.807) is 33.2 Å². The molecule has 0 atom stereocenters. The number of nitrogens with one attached hydrogen (secondary N) is 2. The van der Waals surface area contributed by atoms with Gasteiger partial charge in [-0.05, 0) is 12.5 Å². The maximum Gasteiger partial charge on any atom is 0.316 e. The fraction of sp³-hybridized carbons (Fsp3) is 0.417. The van der Waals surface area contributed by atoms with Crippen molar-refractivity contribution in [2.24, 2.45) is 0 Å². The molecule has 0 aromatic heterocycles. The minimum absolute atomic E-state index is 0.0407. The molecule has 0 saturated heterocycles. The van der Waals surface area contributed by atoms with Crippen molar-refractivity contribution >= 4 is 17.4 Å². The lowest BCUT2D eigenvalue weighted by molar-refractivity contribution is -0.384. The van der Waals surface area contributed by atoms with E-state index in [9.17, 15) is 14.9 Å². The van der Waals surface area contributed by atoms with Gasteiger partial charge in [-0.1, -0.05) is 12.1 Å². The molecule has 7 nitrogen and oxygen atoms in total. The third-order valence-electron chi connectivity index (χ3n) is 2.56. The fourth-order valence-corrected chi connectivity index (χ4v) is 1.55. The first-order chi connectivity index (χ1) is 8.93. The summed E-state index contributed by atoms with van der Waals surface area (Å²) >= 11 is 0. The molecular formula is C12H18N4O3. The summed E-state index contributed by atoms with van der Waals surface area (Å²) in [6.45, 7) is 2.61. The zero-order chi connectivity index (χ0) is 14.4. The van der Waals surface area contributed by atoms with Crippen molar-refractivity contribution in [2.75, 3.05) is 32.5 Å². The monoisotopic (exact) mass is 266 g/mol. The molecule has 1 rings (SSSR count). The summed E-state index contributed by atoms with van der Waals surface area (Å²) in [6.07, 6.45) is 0. The number of nitro benzene ring substituents is 1. The second-order valence-corrected chi connectivity index (χ2v) is 4.28. The second-order valence-electron chi connectivity index (χ2n) is 4.28. The number of amides is 2. The van der Waals surface area contributed by atoms with Crippen molar-refractivity contribution in [3.63, 3.8) is 0 Å². The van der Waals surface area contributed by atoms with E-state index in [-0.39, 0.29) is 11.7 Å². The number of carbonyl (C=O) groups is 1. The zero-order valence-corrected chi connectivity index (χ0v) is 11.3. The molecule has 0 saturated carbocycles. The highest BCUT2D eigenvalue weighted by Gasteiger charge is 2.14. The quantitative estimate of drug-likeness (QED) is 0.481. The van der Waals surface area contributed by atoms with Gasteiger partial charge in [-0.2, -0.15) is 0 Å². The van der Waals surface area contributed by atoms with Crippen molar-refractivity contribution in [1.82, 2.24) is 10.2 Å². The van der Waals surface area contributed by atoms with E-state index in [2.05, 4.69) is 10.6 Å². The van der Waals surface area contributed by atoms with Crippen LogP contribution in [0.25, 0.3) is 0 Å². The summed E-state index contributed by atoms with van der Waals surface area (Å²) in [7, 11) is 3.30. The largest absolute Gasteiger partial charge is 0.378 e. The molecule has 2 N–H and O–H groups in total. The molecular weight excluding hydrogens is 248 g/mol. The van der Waals surface area contributed by atoms with Crippen molar-refractivity contribution < 1.29 is 9.72 Å². The predicted molar refractivity (Wildman–Crippen MR) is 73.4 cm³/mol. The highest BCUT2D eigenvalue weighted by molar-refractivity contribution is 5.73. The summed E-state index contributed by atoms with van der Waals surface area (Å²) in [6, 6.07) is 4.70. The number of hydrogen-bond donors (Lipinski definition) is 2. The molecule has 104 valence electrons. The van der Waals surface area contributed by atoms with E-state index in [0.29, 0.717) is 18.8 Å². The van der Waals surface area contributed by atoms with Crippen molar-refractivity contribution in [1.29, 1.82) is 0 Å². The van der Waals surface area contributed by atoms with Crippen LogP contribution in [0.4, 0.5) is 16.2 Å². The molecule has 0 aliphatic heterocycles. The Hall–Kier alpha value is -2.31. The van der Waals surface area contributed by atoms with Gasteiger partial charge in [-0.25, -0.2) is 4.79 Å². The van der Waals surface area contributed by atoms with E-state index in [1.165, 1.54) is 11.0 Å². The number of benzene rings is 1. The van der Waals surface area contributed by atoms with Crippen LogP contribution in [-0.4, -0.2) is 43.0 Å². The third kappa shape index (κ3) is 4.13. The minimum Gasteiger partial charge on any atom is -0.378 e. The first-order valence-corrected chi connectivity index (χ1v) is 5.86. The van der Waals surface area contributed by atoms with Gasteiger partial charge in [0.05, 0.1) is 4.92 Å². The Labute approximate surface area is 111 Å². The lowest BCUT2D eigenvalue weighted by atomic mass is 10.1. The Bertz CT molecular complexity index is 474. The number of anilines is 1. The minimum atomic E-state index is -0.423. The molecule has 0 unspecified atom stereocenters. The Morgan fingerprint density at radius 1 is 1.37 bits per heavy atom. The number of urea groups is 1.